The smallest absolute Gasteiger partial charge is 0.305 e. The summed E-state index contributed by atoms with van der Waals surface area (Å²) in [6, 6.07) is -0.544. The summed E-state index contributed by atoms with van der Waals surface area (Å²) >= 11 is 0. The van der Waals surface area contributed by atoms with Crippen molar-refractivity contribution in [1.29, 1.82) is 0 Å². The number of esters is 1. The van der Waals surface area contributed by atoms with Gasteiger partial charge in [-0.1, -0.05) is 353 Å². The first-order valence-corrected chi connectivity index (χ1v) is 35.4. The number of nitrogens with one attached hydrogen (secondary N) is 1. The second-order valence-corrected chi connectivity index (χ2v) is 24.6. The van der Waals surface area contributed by atoms with E-state index >= 15 is 0 Å². The highest BCUT2D eigenvalue weighted by Gasteiger charge is 2.20. The zero-order chi connectivity index (χ0) is 55.7. The minimum absolute atomic E-state index is 0.00413. The molecule has 6 nitrogen and oxygen atoms in total. The maximum atomic E-state index is 12.6. The number of hydrogen-bond donors (Lipinski definition) is 3. The molecule has 0 aliphatic heterocycles. The van der Waals surface area contributed by atoms with E-state index in [0.29, 0.717) is 25.9 Å². The fraction of sp³-hybridized carbons (Fsp3) is 0.944. The van der Waals surface area contributed by atoms with Gasteiger partial charge in [0.15, 0.2) is 0 Å². The van der Waals surface area contributed by atoms with Crippen LogP contribution in [0.2, 0.25) is 0 Å². The van der Waals surface area contributed by atoms with Gasteiger partial charge in [-0.15, -0.1) is 0 Å². The molecule has 77 heavy (non-hydrogen) atoms. The van der Waals surface area contributed by atoms with Crippen molar-refractivity contribution in [2.45, 2.75) is 418 Å². The molecular weight excluding hydrogens is 947 g/mol. The highest BCUT2D eigenvalue weighted by atomic mass is 16.5. The van der Waals surface area contributed by atoms with E-state index in [1.807, 2.05) is 0 Å². The fourth-order valence-electron chi connectivity index (χ4n) is 11.4. The first-order chi connectivity index (χ1) is 38.0. The predicted octanol–water partition coefficient (Wildman–Crippen LogP) is 22.8. The summed E-state index contributed by atoms with van der Waals surface area (Å²) in [5, 5.41) is 23.5. The van der Waals surface area contributed by atoms with Gasteiger partial charge >= 0.3 is 5.97 Å². The maximum absolute atomic E-state index is 12.6. The molecule has 1 amide bonds. The topological polar surface area (TPSA) is 95.9 Å². The van der Waals surface area contributed by atoms with Gasteiger partial charge in [0.05, 0.1) is 25.4 Å². The van der Waals surface area contributed by atoms with Crippen molar-refractivity contribution in [3.05, 3.63) is 12.2 Å². The minimum atomic E-state index is -0.667. The van der Waals surface area contributed by atoms with E-state index in [2.05, 4.69) is 31.3 Å². The number of amides is 1. The number of ether oxygens (including phenoxy) is 1. The molecule has 0 aliphatic rings. The molecule has 0 rings (SSSR count). The van der Waals surface area contributed by atoms with Gasteiger partial charge in [-0.3, -0.25) is 9.59 Å². The summed E-state index contributed by atoms with van der Waals surface area (Å²) in [6.45, 7) is 4.98. The fourth-order valence-corrected chi connectivity index (χ4v) is 11.4. The second kappa shape index (κ2) is 67.1. The third-order valence-electron chi connectivity index (χ3n) is 16.8. The molecule has 0 radical (unpaired) electrons. The van der Waals surface area contributed by atoms with Gasteiger partial charge in [-0.2, -0.15) is 0 Å². The number of allylic oxidation sites excluding steroid dienone is 2. The van der Waals surface area contributed by atoms with Gasteiger partial charge < -0.3 is 20.3 Å². The molecule has 0 heterocycles. The molecule has 2 unspecified atom stereocenters. The zero-order valence-electron chi connectivity index (χ0n) is 52.5. The van der Waals surface area contributed by atoms with E-state index in [-0.39, 0.29) is 18.5 Å². The lowest BCUT2D eigenvalue weighted by Crippen LogP contribution is -2.45. The van der Waals surface area contributed by atoms with Crippen LogP contribution in [0.15, 0.2) is 12.2 Å². The first kappa shape index (κ1) is 75.6. The average molecular weight is 1090 g/mol. The van der Waals surface area contributed by atoms with Crippen LogP contribution in [-0.2, 0) is 14.3 Å². The van der Waals surface area contributed by atoms with Gasteiger partial charge in [0.2, 0.25) is 5.91 Å². The van der Waals surface area contributed by atoms with Crippen LogP contribution in [0.25, 0.3) is 0 Å². The molecule has 6 heteroatoms. The minimum Gasteiger partial charge on any atom is -0.466 e. The standard InChI is InChI=1S/C71H139NO5/c1-3-5-7-9-11-13-15-17-19-20-21-22-23-24-25-26-29-32-36-39-43-47-51-55-59-63-69(74)68(67-73)72-70(75)64-60-56-52-48-44-40-37-33-30-27-28-31-34-38-42-46-50-54-58-62-66-77-71(76)65-61-57-53-49-45-41-35-18-16-14-12-10-8-6-4-2/h18,35,68-69,73-74H,3-17,19-34,36-67H2,1-2H3,(H,72,75)/b35-18-. The maximum Gasteiger partial charge on any atom is 0.305 e. The Bertz CT molecular complexity index is 1160. The lowest BCUT2D eigenvalue weighted by atomic mass is 10.0. The molecule has 0 saturated carbocycles. The Labute approximate surface area is 482 Å². The molecular formula is C71H139NO5. The van der Waals surface area contributed by atoms with Crippen molar-refractivity contribution in [1.82, 2.24) is 5.32 Å². The van der Waals surface area contributed by atoms with Crippen molar-refractivity contribution >= 4 is 11.9 Å². The SMILES string of the molecule is CCCCCCCC/C=C\CCCCCCCC(=O)OCCCCCCCCCCCCCCCCCCCCCCC(=O)NC(CO)C(O)CCCCCCCCCCCCCCCCCCCCCCCCCCC. The zero-order valence-corrected chi connectivity index (χ0v) is 52.5. The van der Waals surface area contributed by atoms with Crippen LogP contribution >= 0.6 is 0 Å². The van der Waals surface area contributed by atoms with E-state index in [1.165, 1.54) is 327 Å². The van der Waals surface area contributed by atoms with Crippen LogP contribution in [0, 0.1) is 0 Å². The molecule has 0 fully saturated rings. The summed E-state index contributed by atoms with van der Waals surface area (Å²) in [4.78, 5) is 24.6. The number of aliphatic hydroxyl groups is 2. The van der Waals surface area contributed by atoms with Gasteiger partial charge in [-0.05, 0) is 51.4 Å². The summed E-state index contributed by atoms with van der Waals surface area (Å²) < 4.78 is 5.49. The van der Waals surface area contributed by atoms with Gasteiger partial charge in [0, 0.05) is 12.8 Å². The molecule has 0 saturated heterocycles. The van der Waals surface area contributed by atoms with E-state index in [4.69, 9.17) is 4.74 Å². The summed E-state index contributed by atoms with van der Waals surface area (Å²) in [5.41, 5.74) is 0. The molecule has 0 aromatic rings. The van der Waals surface area contributed by atoms with E-state index < -0.39 is 12.1 Å². The van der Waals surface area contributed by atoms with Crippen LogP contribution < -0.4 is 5.32 Å². The van der Waals surface area contributed by atoms with Crippen molar-refractivity contribution < 1.29 is 24.5 Å². The molecule has 0 aromatic carbocycles. The van der Waals surface area contributed by atoms with Crippen LogP contribution in [-0.4, -0.2) is 47.4 Å². The van der Waals surface area contributed by atoms with Crippen LogP contribution in [0.5, 0.6) is 0 Å². The third-order valence-corrected chi connectivity index (χ3v) is 16.8. The molecule has 0 bridgehead atoms. The van der Waals surface area contributed by atoms with Gasteiger partial charge in [-0.25, -0.2) is 0 Å². The Morgan fingerprint density at radius 3 is 0.922 bits per heavy atom. The summed E-state index contributed by atoms with van der Waals surface area (Å²) in [6.07, 6.45) is 82.5. The largest absolute Gasteiger partial charge is 0.466 e. The Morgan fingerprint density at radius 1 is 0.351 bits per heavy atom. The van der Waals surface area contributed by atoms with E-state index in [0.717, 1.165) is 44.9 Å². The number of carbonyl (C=O) groups is 2. The van der Waals surface area contributed by atoms with Crippen molar-refractivity contribution in [3.8, 4) is 0 Å². The number of aliphatic hydroxyl groups excluding tert-OH is 2. The molecule has 0 aliphatic carbocycles. The normalized spacial score (nSPS) is 12.5. The third kappa shape index (κ3) is 63.6. The molecule has 458 valence electrons. The Kier molecular flexibility index (Phi) is 65.9. The van der Waals surface area contributed by atoms with Crippen LogP contribution in [0.4, 0.5) is 0 Å². The molecule has 3 N–H and O–H groups in total. The Hall–Kier alpha value is -1.40. The lowest BCUT2D eigenvalue weighted by molar-refractivity contribution is -0.143. The average Bonchev–Trinajstić information content (AvgIpc) is 3.43. The first-order valence-electron chi connectivity index (χ1n) is 35.4. The number of carbonyl (C=O) groups excluding carboxylic acids is 2. The Morgan fingerprint density at radius 2 is 0.610 bits per heavy atom. The van der Waals surface area contributed by atoms with E-state index in [1.54, 1.807) is 0 Å². The van der Waals surface area contributed by atoms with Crippen LogP contribution in [0.1, 0.15) is 406 Å². The quantitative estimate of drug-likeness (QED) is 0.0320. The van der Waals surface area contributed by atoms with Crippen molar-refractivity contribution in [3.63, 3.8) is 0 Å². The number of hydrogen-bond acceptors (Lipinski definition) is 5. The Balaban J connectivity index is 3.39. The summed E-state index contributed by atoms with van der Waals surface area (Å²) in [7, 11) is 0. The molecule has 2 atom stereocenters. The molecule has 0 aromatic heterocycles. The second-order valence-electron chi connectivity index (χ2n) is 24.6. The number of unbranched alkanes of at least 4 members (excludes halogenated alkanes) is 54. The van der Waals surface area contributed by atoms with Gasteiger partial charge in [0.1, 0.15) is 0 Å². The van der Waals surface area contributed by atoms with Crippen molar-refractivity contribution in [2.75, 3.05) is 13.2 Å². The summed E-state index contributed by atoms with van der Waals surface area (Å²) in [5.74, 6) is -0.0274. The van der Waals surface area contributed by atoms with Gasteiger partial charge in [0.25, 0.3) is 0 Å². The monoisotopic (exact) mass is 1090 g/mol. The number of rotatable bonds is 67. The lowest BCUT2D eigenvalue weighted by Gasteiger charge is -2.22. The highest BCUT2D eigenvalue weighted by molar-refractivity contribution is 5.76. The van der Waals surface area contributed by atoms with Crippen LogP contribution in [0.3, 0.4) is 0 Å². The highest BCUT2D eigenvalue weighted by Crippen LogP contribution is 2.19. The van der Waals surface area contributed by atoms with Crippen molar-refractivity contribution in [2.24, 2.45) is 0 Å². The predicted molar refractivity (Wildman–Crippen MR) is 338 cm³/mol. The molecule has 0 spiro atoms. The van der Waals surface area contributed by atoms with E-state index in [9.17, 15) is 19.8 Å².